The zero-order valence-electron chi connectivity index (χ0n) is 12.6. The molecule has 114 valence electrons. The minimum Gasteiger partial charge on any atom is -0.388 e. The third-order valence-electron chi connectivity index (χ3n) is 2.91. The molecule has 0 amide bonds. The number of benzene rings is 1. The molecule has 3 N–H and O–H groups in total. The van der Waals surface area contributed by atoms with Gasteiger partial charge >= 0.3 is 0 Å². The van der Waals surface area contributed by atoms with Gasteiger partial charge in [0.15, 0.2) is 0 Å². The van der Waals surface area contributed by atoms with Gasteiger partial charge in [0, 0.05) is 16.8 Å². The smallest absolute Gasteiger partial charge is 0.294 e. The van der Waals surface area contributed by atoms with Crippen LogP contribution in [0.1, 0.15) is 51.3 Å². The highest BCUT2D eigenvalue weighted by Crippen LogP contribution is 2.35. The number of hydrogen-bond acceptors (Lipinski definition) is 4. The average Bonchev–Trinajstić information content (AvgIpc) is 2.27. The van der Waals surface area contributed by atoms with Crippen molar-refractivity contribution in [3.63, 3.8) is 0 Å². The summed E-state index contributed by atoms with van der Waals surface area (Å²) in [6, 6.07) is 2.94. The highest BCUT2D eigenvalue weighted by molar-refractivity contribution is 7.85. The largest absolute Gasteiger partial charge is 0.388 e. The van der Waals surface area contributed by atoms with Crippen molar-refractivity contribution in [2.45, 2.75) is 57.6 Å². The van der Waals surface area contributed by atoms with Crippen LogP contribution in [0.4, 0.5) is 5.69 Å². The second-order valence-corrected chi connectivity index (χ2v) is 7.33. The Hall–Kier alpha value is -1.11. The lowest BCUT2D eigenvalue weighted by molar-refractivity contribution is 0.171. The van der Waals surface area contributed by atoms with Crippen molar-refractivity contribution in [2.75, 3.05) is 5.32 Å². The number of nitrogens with one attached hydrogen (secondary N) is 1. The van der Waals surface area contributed by atoms with Gasteiger partial charge in [-0.2, -0.15) is 8.42 Å². The monoisotopic (exact) mass is 301 g/mol. The van der Waals surface area contributed by atoms with Crippen LogP contribution in [0.2, 0.25) is 0 Å². The fourth-order valence-electron chi connectivity index (χ4n) is 2.01. The van der Waals surface area contributed by atoms with Gasteiger partial charge in [-0.3, -0.25) is 4.55 Å². The topological polar surface area (TPSA) is 86.6 Å². The van der Waals surface area contributed by atoms with E-state index in [1.54, 1.807) is 13.0 Å². The summed E-state index contributed by atoms with van der Waals surface area (Å²) in [6.07, 6.45) is -0.609. The van der Waals surface area contributed by atoms with E-state index in [1.807, 2.05) is 27.7 Å². The predicted octanol–water partition coefficient (Wildman–Crippen LogP) is 2.90. The molecule has 0 saturated heterocycles. The molecule has 1 unspecified atom stereocenters. The van der Waals surface area contributed by atoms with E-state index in [0.717, 1.165) is 5.56 Å². The van der Waals surface area contributed by atoms with Gasteiger partial charge in [-0.05, 0) is 45.7 Å². The third kappa shape index (κ3) is 3.94. The van der Waals surface area contributed by atoms with Gasteiger partial charge in [0.25, 0.3) is 10.1 Å². The van der Waals surface area contributed by atoms with Crippen LogP contribution in [0.25, 0.3) is 0 Å². The van der Waals surface area contributed by atoms with Crippen LogP contribution in [-0.4, -0.2) is 23.6 Å². The zero-order chi connectivity index (χ0) is 15.7. The van der Waals surface area contributed by atoms with Crippen LogP contribution in [0.3, 0.4) is 0 Å². The quantitative estimate of drug-likeness (QED) is 0.744. The first-order valence-corrected chi connectivity index (χ1v) is 7.98. The molecule has 1 aromatic rings. The third-order valence-corrected chi connectivity index (χ3v) is 3.82. The first-order chi connectivity index (χ1) is 8.97. The lowest BCUT2D eigenvalue weighted by atomic mass is 9.98. The van der Waals surface area contributed by atoms with Crippen LogP contribution >= 0.6 is 0 Å². The molecule has 0 saturated carbocycles. The highest BCUT2D eigenvalue weighted by Gasteiger charge is 2.26. The van der Waals surface area contributed by atoms with Gasteiger partial charge in [0.05, 0.1) is 6.10 Å². The summed E-state index contributed by atoms with van der Waals surface area (Å²) in [6.45, 7) is 9.40. The van der Waals surface area contributed by atoms with Crippen molar-refractivity contribution in [3.05, 3.63) is 23.3 Å². The Balaban J connectivity index is 3.63. The Morgan fingerprint density at radius 1 is 1.30 bits per heavy atom. The number of aliphatic hydroxyl groups excluding tert-OH is 1. The average molecular weight is 301 g/mol. The molecule has 1 rings (SSSR count). The Morgan fingerprint density at radius 2 is 1.85 bits per heavy atom. The summed E-state index contributed by atoms with van der Waals surface area (Å²) < 4.78 is 32.4. The van der Waals surface area contributed by atoms with E-state index in [9.17, 15) is 18.1 Å². The maximum atomic E-state index is 11.5. The summed E-state index contributed by atoms with van der Waals surface area (Å²) in [5.41, 5.74) is 1.30. The van der Waals surface area contributed by atoms with E-state index in [0.29, 0.717) is 12.1 Å². The molecule has 0 aliphatic carbocycles. The summed E-state index contributed by atoms with van der Waals surface area (Å²) in [7, 11) is -4.38. The van der Waals surface area contributed by atoms with E-state index < -0.39 is 16.2 Å². The fourth-order valence-corrected chi connectivity index (χ4v) is 2.77. The summed E-state index contributed by atoms with van der Waals surface area (Å²) in [4.78, 5) is -0.246. The van der Waals surface area contributed by atoms with Gasteiger partial charge in [0.1, 0.15) is 4.90 Å². The normalized spacial score (nSPS) is 14.2. The van der Waals surface area contributed by atoms with Crippen LogP contribution in [0.5, 0.6) is 0 Å². The van der Waals surface area contributed by atoms with Crippen LogP contribution < -0.4 is 5.32 Å². The zero-order valence-corrected chi connectivity index (χ0v) is 13.4. The van der Waals surface area contributed by atoms with Gasteiger partial charge < -0.3 is 10.4 Å². The van der Waals surface area contributed by atoms with Crippen molar-refractivity contribution in [2.24, 2.45) is 0 Å². The Bertz CT molecular complexity index is 588. The van der Waals surface area contributed by atoms with Gasteiger partial charge in [0.2, 0.25) is 0 Å². The summed E-state index contributed by atoms with van der Waals surface area (Å²) in [5.74, 6) is 0. The van der Waals surface area contributed by atoms with Gasteiger partial charge in [-0.15, -0.1) is 0 Å². The molecule has 0 heterocycles. The molecule has 6 heteroatoms. The Morgan fingerprint density at radius 3 is 2.25 bits per heavy atom. The molecule has 20 heavy (non-hydrogen) atoms. The molecule has 0 aliphatic rings. The van der Waals surface area contributed by atoms with E-state index >= 15 is 0 Å². The van der Waals surface area contributed by atoms with Crippen molar-refractivity contribution < 1.29 is 18.1 Å². The number of aryl methyl sites for hydroxylation is 1. The maximum absolute atomic E-state index is 11.5. The minimum absolute atomic E-state index is 0.227. The van der Waals surface area contributed by atoms with Crippen molar-refractivity contribution in [3.8, 4) is 0 Å². The molecule has 0 aliphatic heterocycles. The molecule has 0 aromatic heterocycles. The summed E-state index contributed by atoms with van der Waals surface area (Å²) >= 11 is 0. The molecule has 0 fully saturated rings. The molecule has 0 bridgehead atoms. The molecule has 1 aromatic carbocycles. The van der Waals surface area contributed by atoms with Crippen molar-refractivity contribution >= 4 is 15.8 Å². The van der Waals surface area contributed by atoms with E-state index in [1.165, 1.54) is 6.07 Å². The molecule has 5 nitrogen and oxygen atoms in total. The maximum Gasteiger partial charge on any atom is 0.294 e. The van der Waals surface area contributed by atoms with Crippen molar-refractivity contribution in [1.29, 1.82) is 0 Å². The second kappa shape index (κ2) is 5.71. The molecule has 0 spiro atoms. The van der Waals surface area contributed by atoms with Crippen molar-refractivity contribution in [1.82, 2.24) is 0 Å². The number of rotatable bonds is 4. The first-order valence-electron chi connectivity index (χ1n) is 6.54. The molecule has 1 atom stereocenters. The van der Waals surface area contributed by atoms with Gasteiger partial charge in [-0.1, -0.05) is 13.0 Å². The van der Waals surface area contributed by atoms with E-state index in [-0.39, 0.29) is 16.0 Å². The minimum atomic E-state index is -4.38. The lowest BCUT2D eigenvalue weighted by Crippen LogP contribution is -2.28. The molecular weight excluding hydrogens is 278 g/mol. The van der Waals surface area contributed by atoms with Gasteiger partial charge in [-0.25, -0.2) is 0 Å². The first kappa shape index (κ1) is 16.9. The van der Waals surface area contributed by atoms with Crippen LogP contribution in [0.15, 0.2) is 17.0 Å². The Labute approximate surface area is 120 Å². The van der Waals surface area contributed by atoms with E-state index in [4.69, 9.17) is 0 Å². The molecule has 0 radical (unpaired) electrons. The summed E-state index contributed by atoms with van der Waals surface area (Å²) in [5, 5.41) is 13.4. The number of anilines is 1. The SMILES string of the molecule is CCC(O)c1c(S(=O)(=O)O)ccc(C)c1NC(C)(C)C. The molecular formula is C14H23NO4S. The fraction of sp³-hybridized carbons (Fsp3) is 0.571. The van der Waals surface area contributed by atoms with E-state index in [2.05, 4.69) is 5.32 Å². The lowest BCUT2D eigenvalue weighted by Gasteiger charge is -2.28. The Kier molecular flexibility index (Phi) is 4.84. The number of hydrogen-bond donors (Lipinski definition) is 3. The second-order valence-electron chi connectivity index (χ2n) is 5.94. The number of aliphatic hydroxyl groups is 1. The predicted molar refractivity (Wildman–Crippen MR) is 79.6 cm³/mol. The highest BCUT2D eigenvalue weighted by atomic mass is 32.2. The van der Waals surface area contributed by atoms with Crippen LogP contribution in [-0.2, 0) is 10.1 Å². The standard InChI is InChI=1S/C14H23NO4S/c1-6-10(16)12-11(20(17,18)19)8-7-9(2)13(12)15-14(3,4)5/h7-8,10,15-16H,6H2,1-5H3,(H,17,18,19). The van der Waals surface area contributed by atoms with Crippen LogP contribution in [0, 0.1) is 6.92 Å².